The van der Waals surface area contributed by atoms with Gasteiger partial charge in [0.1, 0.15) is 11.1 Å². The maximum Gasteiger partial charge on any atom is 0.220 e. The molecule has 1 heterocycles. The lowest BCUT2D eigenvalue weighted by Crippen LogP contribution is -2.21. The smallest absolute Gasteiger partial charge is 0.220 e. The van der Waals surface area contributed by atoms with Gasteiger partial charge < -0.3 is 11.5 Å². The summed E-state index contributed by atoms with van der Waals surface area (Å²) in [5.74, 6) is 0.0252. The Morgan fingerprint density at radius 3 is 2.43 bits per heavy atom. The molecule has 3 rings (SSSR count). The van der Waals surface area contributed by atoms with Gasteiger partial charge in [-0.1, -0.05) is 42.5 Å². The van der Waals surface area contributed by atoms with Crippen LogP contribution in [0.25, 0.3) is 0 Å². The molecular weight excluding hydrogens is 308 g/mol. The fourth-order valence-electron chi connectivity index (χ4n) is 2.31. The Hall–Kier alpha value is -2.60. The minimum Gasteiger partial charge on any atom is -0.370 e. The van der Waals surface area contributed by atoms with E-state index in [9.17, 15) is 4.79 Å². The Kier molecular flexibility index (Phi) is 4.43. The molecule has 2 aromatic rings. The number of thioether (sulfide) groups is 1. The predicted octanol–water partition coefficient (Wildman–Crippen LogP) is 2.22. The average Bonchev–Trinajstić information content (AvgIpc) is 2.91. The lowest BCUT2D eigenvalue weighted by Gasteiger charge is -2.05. The van der Waals surface area contributed by atoms with Crippen LogP contribution in [0.1, 0.15) is 11.1 Å². The number of hydrogen-bond acceptors (Lipinski definition) is 4. The third kappa shape index (κ3) is 3.78. The quantitative estimate of drug-likeness (QED) is 0.666. The Balaban J connectivity index is 1.74. The van der Waals surface area contributed by atoms with Gasteiger partial charge in [0, 0.05) is 12.0 Å². The molecule has 2 aromatic carbocycles. The van der Waals surface area contributed by atoms with E-state index < -0.39 is 0 Å². The highest BCUT2D eigenvalue weighted by atomic mass is 32.2. The summed E-state index contributed by atoms with van der Waals surface area (Å²) in [4.78, 5) is 20.7. The molecule has 1 atom stereocenters. The largest absolute Gasteiger partial charge is 0.370 e. The van der Waals surface area contributed by atoms with Gasteiger partial charge in [0.2, 0.25) is 5.12 Å². The maximum atomic E-state index is 12.2. The minimum atomic E-state index is -0.343. The average molecular weight is 324 g/mol. The molecular formula is C17H16N4OS. The van der Waals surface area contributed by atoms with E-state index in [4.69, 9.17) is 11.5 Å². The van der Waals surface area contributed by atoms with Gasteiger partial charge in [0.25, 0.3) is 0 Å². The van der Waals surface area contributed by atoms with Crippen LogP contribution in [0.5, 0.6) is 0 Å². The summed E-state index contributed by atoms with van der Waals surface area (Å²) in [5, 5.41) is 0.870. The zero-order valence-electron chi connectivity index (χ0n) is 12.3. The van der Waals surface area contributed by atoms with Crippen LogP contribution in [0.2, 0.25) is 0 Å². The van der Waals surface area contributed by atoms with Crippen molar-refractivity contribution >= 4 is 33.6 Å². The van der Waals surface area contributed by atoms with Gasteiger partial charge in [-0.15, -0.1) is 0 Å². The van der Waals surface area contributed by atoms with Gasteiger partial charge in [-0.25, -0.2) is 4.99 Å². The van der Waals surface area contributed by atoms with Crippen LogP contribution in [-0.4, -0.2) is 22.2 Å². The van der Waals surface area contributed by atoms with Crippen molar-refractivity contribution in [1.82, 2.24) is 0 Å². The molecule has 1 aliphatic heterocycles. The fraction of sp³-hybridized carbons (Fsp3) is 0.118. The summed E-state index contributed by atoms with van der Waals surface area (Å²) < 4.78 is 0. The van der Waals surface area contributed by atoms with Crippen molar-refractivity contribution in [3.05, 3.63) is 65.7 Å². The molecule has 0 saturated heterocycles. The first kappa shape index (κ1) is 15.3. The van der Waals surface area contributed by atoms with Crippen molar-refractivity contribution in [1.29, 1.82) is 0 Å². The number of carbonyl (C=O) groups excluding carboxylic acids is 1. The molecule has 0 aliphatic carbocycles. The number of nitrogens with two attached hydrogens (primary N) is 2. The number of carbonyl (C=O) groups is 1. The first-order valence-corrected chi connectivity index (χ1v) is 7.97. The SMILES string of the molecule is NC(N)=Nc1ccc(C[C@@H]2N=C(c3ccccc3)SC2=O)cc1. The lowest BCUT2D eigenvalue weighted by atomic mass is 10.1. The summed E-state index contributed by atoms with van der Waals surface area (Å²) in [7, 11) is 0. The van der Waals surface area contributed by atoms with Crippen molar-refractivity contribution < 1.29 is 4.79 Å². The summed E-state index contributed by atoms with van der Waals surface area (Å²) in [6.45, 7) is 0. The number of nitrogens with zero attached hydrogens (tertiary/aromatic N) is 2. The van der Waals surface area contributed by atoms with E-state index in [1.165, 1.54) is 11.8 Å². The van der Waals surface area contributed by atoms with E-state index in [1.807, 2.05) is 54.6 Å². The van der Waals surface area contributed by atoms with Crippen LogP contribution in [-0.2, 0) is 11.2 Å². The van der Waals surface area contributed by atoms with Gasteiger partial charge in [0.15, 0.2) is 5.96 Å². The molecule has 6 heteroatoms. The molecule has 5 nitrogen and oxygen atoms in total. The highest BCUT2D eigenvalue weighted by molar-refractivity contribution is 8.27. The Labute approximate surface area is 138 Å². The molecule has 0 saturated carbocycles. The summed E-state index contributed by atoms with van der Waals surface area (Å²) in [6, 6.07) is 16.9. The third-order valence-corrected chi connectivity index (χ3v) is 4.39. The second-order valence-corrected chi connectivity index (χ2v) is 6.14. The molecule has 4 N–H and O–H groups in total. The van der Waals surface area contributed by atoms with Crippen LogP contribution in [0.15, 0.2) is 64.6 Å². The number of hydrogen-bond donors (Lipinski definition) is 2. The van der Waals surface area contributed by atoms with Crippen molar-refractivity contribution in [2.24, 2.45) is 21.5 Å². The predicted molar refractivity (Wildman–Crippen MR) is 95.0 cm³/mol. The zero-order valence-corrected chi connectivity index (χ0v) is 13.2. The van der Waals surface area contributed by atoms with Gasteiger partial charge in [-0.2, -0.15) is 0 Å². The molecule has 0 spiro atoms. The lowest BCUT2D eigenvalue weighted by molar-refractivity contribution is -0.111. The monoisotopic (exact) mass is 324 g/mol. The van der Waals surface area contributed by atoms with Gasteiger partial charge >= 0.3 is 0 Å². The molecule has 0 aromatic heterocycles. The van der Waals surface area contributed by atoms with E-state index in [0.717, 1.165) is 16.2 Å². The molecule has 116 valence electrons. The van der Waals surface area contributed by atoms with Crippen molar-refractivity contribution in [3.63, 3.8) is 0 Å². The van der Waals surface area contributed by atoms with Gasteiger partial charge in [-0.05, 0) is 29.5 Å². The standard InChI is InChI=1S/C17H16N4OS/c18-17(19)20-13-8-6-11(7-9-13)10-14-16(22)23-15(21-14)12-4-2-1-3-5-12/h1-9,14H,10H2,(H4,18,19,20)/t14-/m0/s1. The normalized spacial score (nSPS) is 17.0. The highest BCUT2D eigenvalue weighted by Crippen LogP contribution is 2.27. The summed E-state index contributed by atoms with van der Waals surface area (Å²) in [5.41, 5.74) is 13.4. The Morgan fingerprint density at radius 1 is 1.09 bits per heavy atom. The van der Waals surface area contributed by atoms with Gasteiger partial charge in [-0.3, -0.25) is 9.79 Å². The van der Waals surface area contributed by atoms with E-state index >= 15 is 0 Å². The van der Waals surface area contributed by atoms with E-state index in [-0.39, 0.29) is 17.1 Å². The van der Waals surface area contributed by atoms with Crippen molar-refractivity contribution in [3.8, 4) is 0 Å². The highest BCUT2D eigenvalue weighted by Gasteiger charge is 2.28. The topological polar surface area (TPSA) is 93.8 Å². The minimum absolute atomic E-state index is 0.0252. The van der Waals surface area contributed by atoms with Crippen LogP contribution < -0.4 is 11.5 Å². The Bertz CT molecular complexity index is 765. The molecule has 0 amide bonds. The first-order valence-electron chi connectivity index (χ1n) is 7.15. The molecule has 0 fully saturated rings. The summed E-state index contributed by atoms with van der Waals surface area (Å²) in [6.07, 6.45) is 0.574. The van der Waals surface area contributed by atoms with Gasteiger partial charge in [0.05, 0.1) is 5.69 Å². The van der Waals surface area contributed by atoms with Crippen LogP contribution in [0.4, 0.5) is 5.69 Å². The third-order valence-electron chi connectivity index (χ3n) is 3.39. The molecule has 1 aliphatic rings. The number of rotatable bonds is 4. The molecule has 0 unspecified atom stereocenters. The maximum absolute atomic E-state index is 12.2. The van der Waals surface area contributed by atoms with Crippen molar-refractivity contribution in [2.75, 3.05) is 0 Å². The van der Waals surface area contributed by atoms with E-state index in [2.05, 4.69) is 9.98 Å². The molecule has 23 heavy (non-hydrogen) atoms. The van der Waals surface area contributed by atoms with E-state index in [1.54, 1.807) is 0 Å². The summed E-state index contributed by atoms with van der Waals surface area (Å²) >= 11 is 1.21. The molecule has 0 bridgehead atoms. The fourth-order valence-corrected chi connectivity index (χ4v) is 3.20. The van der Waals surface area contributed by atoms with E-state index in [0.29, 0.717) is 12.1 Å². The number of benzene rings is 2. The molecule has 0 radical (unpaired) electrons. The Morgan fingerprint density at radius 2 is 1.78 bits per heavy atom. The number of guanidine groups is 1. The zero-order chi connectivity index (χ0) is 16.2. The van der Waals surface area contributed by atoms with Crippen LogP contribution in [0.3, 0.4) is 0 Å². The second-order valence-electron chi connectivity index (χ2n) is 5.14. The van der Waals surface area contributed by atoms with Crippen molar-refractivity contribution in [2.45, 2.75) is 12.5 Å². The first-order chi connectivity index (χ1) is 11.1. The van der Waals surface area contributed by atoms with Crippen LogP contribution in [0, 0.1) is 0 Å². The van der Waals surface area contributed by atoms with Crippen LogP contribution >= 0.6 is 11.8 Å². The number of aliphatic imine (C=N–C) groups is 2. The second kappa shape index (κ2) is 6.66.